The Labute approximate surface area is 244 Å². The Bertz CT molecular complexity index is 1520. The molecule has 222 valence electrons. The van der Waals surface area contributed by atoms with E-state index >= 15 is 0 Å². The molecule has 3 N–H and O–H groups in total. The topological polar surface area (TPSA) is 138 Å². The van der Waals surface area contributed by atoms with Gasteiger partial charge in [-0.15, -0.1) is 0 Å². The average molecular weight is 576 g/mol. The van der Waals surface area contributed by atoms with Gasteiger partial charge in [0.15, 0.2) is 6.61 Å². The van der Waals surface area contributed by atoms with E-state index in [1.807, 2.05) is 37.3 Å². The molecule has 1 aliphatic heterocycles. The Morgan fingerprint density at radius 3 is 2.64 bits per heavy atom. The summed E-state index contributed by atoms with van der Waals surface area (Å²) in [6, 6.07) is 14.7. The van der Waals surface area contributed by atoms with Gasteiger partial charge in [-0.2, -0.15) is 0 Å². The lowest BCUT2D eigenvalue weighted by Crippen LogP contribution is -2.56. The maximum atomic E-state index is 12.7. The standard InChI is InChI=1S/C32H37N3O7/c1-21-25-11-10-24(16-27(25)42-31(39)26(21)15-22-7-3-2-4-8-22)41-20-29(37)33-17-28(36)34-18-30(38)35-14-13-32(40)12-6-5-9-23(32)19-35/h2-4,7-8,10-11,16,23,40H,5-6,9,12-15,17-20H2,1H3,(H,33,37)(H,34,36)/t23-,32-/m0/s1. The van der Waals surface area contributed by atoms with Gasteiger partial charge in [0.05, 0.1) is 18.7 Å². The molecular formula is C32H37N3O7. The first-order valence-corrected chi connectivity index (χ1v) is 14.5. The van der Waals surface area contributed by atoms with Gasteiger partial charge in [0.25, 0.3) is 5.91 Å². The van der Waals surface area contributed by atoms with Crippen LogP contribution in [0.3, 0.4) is 0 Å². The molecule has 0 radical (unpaired) electrons. The molecular weight excluding hydrogens is 538 g/mol. The highest BCUT2D eigenvalue weighted by molar-refractivity contribution is 5.88. The van der Waals surface area contributed by atoms with Gasteiger partial charge in [0, 0.05) is 42.4 Å². The minimum atomic E-state index is -0.670. The van der Waals surface area contributed by atoms with Crippen LogP contribution in [0, 0.1) is 12.8 Å². The summed E-state index contributed by atoms with van der Waals surface area (Å²) >= 11 is 0. The van der Waals surface area contributed by atoms with Crippen LogP contribution in [0.1, 0.15) is 48.8 Å². The molecule has 2 aliphatic rings. The van der Waals surface area contributed by atoms with Crippen molar-refractivity contribution in [1.29, 1.82) is 0 Å². The molecule has 1 aromatic heterocycles. The summed E-state index contributed by atoms with van der Waals surface area (Å²) in [4.78, 5) is 51.5. The monoisotopic (exact) mass is 575 g/mol. The van der Waals surface area contributed by atoms with E-state index in [4.69, 9.17) is 9.15 Å². The van der Waals surface area contributed by atoms with E-state index < -0.39 is 23.0 Å². The number of amides is 3. The molecule has 1 saturated heterocycles. The molecule has 1 aliphatic carbocycles. The predicted octanol–water partition coefficient (Wildman–Crippen LogP) is 2.46. The van der Waals surface area contributed by atoms with Crippen LogP contribution in [0.2, 0.25) is 0 Å². The molecule has 2 fully saturated rings. The number of piperidine rings is 1. The number of benzene rings is 2. The van der Waals surface area contributed by atoms with Crippen molar-refractivity contribution in [3.8, 4) is 5.75 Å². The largest absolute Gasteiger partial charge is 0.484 e. The first-order valence-electron chi connectivity index (χ1n) is 14.5. The number of fused-ring (bicyclic) bond motifs is 2. The maximum absolute atomic E-state index is 12.7. The van der Waals surface area contributed by atoms with Gasteiger partial charge in [-0.3, -0.25) is 14.4 Å². The van der Waals surface area contributed by atoms with Gasteiger partial charge in [-0.1, -0.05) is 43.2 Å². The summed E-state index contributed by atoms with van der Waals surface area (Å²) in [6.07, 6.45) is 4.79. The van der Waals surface area contributed by atoms with Crippen molar-refractivity contribution in [2.75, 3.05) is 32.8 Å². The number of aryl methyl sites for hydroxylation is 1. The number of ether oxygens (including phenoxy) is 1. The fourth-order valence-corrected chi connectivity index (χ4v) is 5.99. The van der Waals surface area contributed by atoms with Crippen LogP contribution in [-0.4, -0.2) is 66.1 Å². The van der Waals surface area contributed by atoms with Gasteiger partial charge < -0.3 is 29.8 Å². The van der Waals surface area contributed by atoms with Gasteiger partial charge in [0.1, 0.15) is 11.3 Å². The molecule has 0 spiro atoms. The van der Waals surface area contributed by atoms with Crippen molar-refractivity contribution in [2.45, 2.75) is 51.0 Å². The number of aliphatic hydroxyl groups is 1. The first-order chi connectivity index (χ1) is 20.2. The quantitative estimate of drug-likeness (QED) is 0.333. The first kappa shape index (κ1) is 29.3. The second-order valence-corrected chi connectivity index (χ2v) is 11.3. The Morgan fingerprint density at radius 1 is 1.05 bits per heavy atom. The number of carbonyl (C=O) groups is 3. The second-order valence-electron chi connectivity index (χ2n) is 11.3. The summed E-state index contributed by atoms with van der Waals surface area (Å²) in [6.45, 7) is 2.06. The summed E-state index contributed by atoms with van der Waals surface area (Å²) < 4.78 is 11.1. The van der Waals surface area contributed by atoms with E-state index in [1.165, 1.54) is 0 Å². The molecule has 2 aromatic carbocycles. The van der Waals surface area contributed by atoms with Crippen molar-refractivity contribution in [1.82, 2.24) is 15.5 Å². The number of likely N-dealkylation sites (tertiary alicyclic amines) is 1. The smallest absolute Gasteiger partial charge is 0.340 e. The van der Waals surface area contributed by atoms with Gasteiger partial charge >= 0.3 is 5.63 Å². The number of hydrogen-bond donors (Lipinski definition) is 3. The van der Waals surface area contributed by atoms with E-state index in [2.05, 4.69) is 10.6 Å². The van der Waals surface area contributed by atoms with Crippen LogP contribution in [0.25, 0.3) is 11.0 Å². The van der Waals surface area contributed by atoms with Crippen molar-refractivity contribution in [3.63, 3.8) is 0 Å². The normalized spacial score (nSPS) is 20.0. The Balaban J connectivity index is 1.06. The lowest BCUT2D eigenvalue weighted by Gasteiger charge is -2.47. The fourth-order valence-electron chi connectivity index (χ4n) is 5.99. The third-order valence-corrected chi connectivity index (χ3v) is 8.52. The fraction of sp³-hybridized carbons (Fsp3) is 0.438. The summed E-state index contributed by atoms with van der Waals surface area (Å²) in [5, 5.41) is 16.6. The van der Waals surface area contributed by atoms with E-state index in [1.54, 1.807) is 23.1 Å². The zero-order valence-electron chi connectivity index (χ0n) is 23.8. The van der Waals surface area contributed by atoms with Crippen LogP contribution < -0.4 is 21.0 Å². The molecule has 10 heteroatoms. The lowest BCUT2D eigenvalue weighted by atomic mass is 9.71. The van der Waals surface area contributed by atoms with E-state index in [9.17, 15) is 24.3 Å². The van der Waals surface area contributed by atoms with Crippen LogP contribution >= 0.6 is 0 Å². The van der Waals surface area contributed by atoms with Crippen molar-refractivity contribution in [2.24, 2.45) is 5.92 Å². The number of carbonyl (C=O) groups excluding carboxylic acids is 3. The average Bonchev–Trinajstić information content (AvgIpc) is 2.99. The highest BCUT2D eigenvalue weighted by atomic mass is 16.5. The molecule has 10 nitrogen and oxygen atoms in total. The third kappa shape index (κ3) is 6.82. The van der Waals surface area contributed by atoms with Gasteiger partial charge in [0.2, 0.25) is 11.8 Å². The minimum absolute atomic E-state index is 0.0821. The Hall–Kier alpha value is -4.18. The molecule has 2 atom stereocenters. The van der Waals surface area contributed by atoms with Crippen molar-refractivity contribution >= 4 is 28.7 Å². The third-order valence-electron chi connectivity index (χ3n) is 8.52. The second kappa shape index (κ2) is 12.8. The molecule has 0 bridgehead atoms. The Kier molecular flexibility index (Phi) is 8.91. The SMILES string of the molecule is Cc1c(Cc2ccccc2)c(=O)oc2cc(OCC(=O)NCC(=O)NCC(=O)N3CC[C@@]4(O)CCCC[C@H]4C3)ccc12. The zero-order chi connectivity index (χ0) is 29.7. The maximum Gasteiger partial charge on any atom is 0.340 e. The Morgan fingerprint density at radius 2 is 1.83 bits per heavy atom. The predicted molar refractivity (Wildman–Crippen MR) is 156 cm³/mol. The molecule has 2 heterocycles. The van der Waals surface area contributed by atoms with E-state index in [-0.39, 0.29) is 31.5 Å². The van der Waals surface area contributed by atoms with E-state index in [0.717, 1.165) is 42.2 Å². The molecule has 1 saturated carbocycles. The van der Waals surface area contributed by atoms with Gasteiger partial charge in [-0.25, -0.2) is 4.79 Å². The van der Waals surface area contributed by atoms with Crippen LogP contribution in [0.15, 0.2) is 57.7 Å². The van der Waals surface area contributed by atoms with Gasteiger partial charge in [-0.05, 0) is 49.4 Å². The number of rotatable bonds is 9. The highest BCUT2D eigenvalue weighted by Gasteiger charge is 2.43. The number of nitrogens with one attached hydrogen (secondary N) is 2. The van der Waals surface area contributed by atoms with Crippen LogP contribution in [0.4, 0.5) is 0 Å². The molecule has 5 rings (SSSR count). The summed E-state index contributed by atoms with van der Waals surface area (Å²) in [5.41, 5.74) is 1.70. The zero-order valence-corrected chi connectivity index (χ0v) is 23.8. The summed E-state index contributed by atoms with van der Waals surface area (Å²) in [5.74, 6) is -0.774. The van der Waals surface area contributed by atoms with Crippen LogP contribution in [0.5, 0.6) is 5.75 Å². The lowest BCUT2D eigenvalue weighted by molar-refractivity contribution is -0.143. The van der Waals surface area contributed by atoms with E-state index in [0.29, 0.717) is 42.8 Å². The molecule has 0 unspecified atom stereocenters. The van der Waals surface area contributed by atoms with Crippen LogP contribution in [-0.2, 0) is 20.8 Å². The summed E-state index contributed by atoms with van der Waals surface area (Å²) in [7, 11) is 0. The number of nitrogens with zero attached hydrogens (tertiary/aromatic N) is 1. The highest BCUT2D eigenvalue weighted by Crippen LogP contribution is 2.39. The van der Waals surface area contributed by atoms with Crippen molar-refractivity contribution in [3.05, 3.63) is 75.6 Å². The molecule has 42 heavy (non-hydrogen) atoms. The minimum Gasteiger partial charge on any atom is -0.484 e. The van der Waals surface area contributed by atoms with Crippen molar-refractivity contribution < 1.29 is 28.6 Å². The number of hydrogen-bond acceptors (Lipinski definition) is 7. The molecule has 3 amide bonds. The molecule has 3 aromatic rings.